The standard InChI is InChI=1S/C23H17BrF3N3O2/c1-13-20(15-4-3-5-17(9-15)23(25,26)27)21(31)18(22(32)29-2)12-30(13)11-16-7-6-14(10-28)8-19(16)24/h3-9,12H,11H2,1-2H3,(H,29,32). The summed E-state index contributed by atoms with van der Waals surface area (Å²) in [7, 11) is 1.37. The summed E-state index contributed by atoms with van der Waals surface area (Å²) in [5.74, 6) is -0.643. The molecule has 9 heteroatoms. The molecule has 0 aliphatic heterocycles. The van der Waals surface area contributed by atoms with Crippen LogP contribution in [0.4, 0.5) is 13.2 Å². The van der Waals surface area contributed by atoms with E-state index >= 15 is 0 Å². The fourth-order valence-corrected chi connectivity index (χ4v) is 3.84. The molecule has 0 radical (unpaired) electrons. The van der Waals surface area contributed by atoms with Gasteiger partial charge in [-0.1, -0.05) is 34.1 Å². The molecule has 0 saturated carbocycles. The van der Waals surface area contributed by atoms with Crippen LogP contribution in [0.5, 0.6) is 0 Å². The lowest BCUT2D eigenvalue weighted by Gasteiger charge is -2.18. The van der Waals surface area contributed by atoms with Gasteiger partial charge in [0.2, 0.25) is 5.43 Å². The van der Waals surface area contributed by atoms with Gasteiger partial charge in [-0.2, -0.15) is 18.4 Å². The van der Waals surface area contributed by atoms with Crippen molar-refractivity contribution in [2.75, 3.05) is 7.05 Å². The molecule has 0 aliphatic rings. The second kappa shape index (κ2) is 9.01. The highest BCUT2D eigenvalue weighted by Crippen LogP contribution is 2.32. The number of alkyl halides is 3. The molecule has 1 N–H and O–H groups in total. The average molecular weight is 504 g/mol. The van der Waals surface area contributed by atoms with Crippen LogP contribution >= 0.6 is 15.9 Å². The lowest BCUT2D eigenvalue weighted by molar-refractivity contribution is -0.137. The van der Waals surface area contributed by atoms with Crippen molar-refractivity contribution >= 4 is 21.8 Å². The Bertz CT molecular complexity index is 1310. The van der Waals surface area contributed by atoms with E-state index in [9.17, 15) is 22.8 Å². The normalized spacial score (nSPS) is 11.2. The van der Waals surface area contributed by atoms with Crippen LogP contribution in [0.3, 0.4) is 0 Å². The Labute approximate surface area is 190 Å². The molecule has 1 heterocycles. The summed E-state index contributed by atoms with van der Waals surface area (Å²) < 4.78 is 42.0. The Morgan fingerprint density at radius 1 is 1.22 bits per heavy atom. The van der Waals surface area contributed by atoms with Crippen molar-refractivity contribution in [3.05, 3.63) is 91.3 Å². The van der Waals surface area contributed by atoms with E-state index in [1.54, 1.807) is 29.7 Å². The monoisotopic (exact) mass is 503 g/mol. The summed E-state index contributed by atoms with van der Waals surface area (Å²) in [6.07, 6.45) is -3.19. The molecule has 0 saturated heterocycles. The molecule has 32 heavy (non-hydrogen) atoms. The van der Waals surface area contributed by atoms with Gasteiger partial charge in [-0.3, -0.25) is 9.59 Å². The van der Waals surface area contributed by atoms with Crippen LogP contribution in [0.25, 0.3) is 11.1 Å². The molecule has 0 bridgehead atoms. The quantitative estimate of drug-likeness (QED) is 0.550. The number of aromatic nitrogens is 1. The molecule has 5 nitrogen and oxygen atoms in total. The van der Waals surface area contributed by atoms with Crippen LogP contribution in [-0.4, -0.2) is 17.5 Å². The van der Waals surface area contributed by atoms with Gasteiger partial charge in [-0.15, -0.1) is 0 Å². The third kappa shape index (κ3) is 4.60. The first-order valence-electron chi connectivity index (χ1n) is 9.39. The van der Waals surface area contributed by atoms with Gasteiger partial charge in [0, 0.05) is 35.5 Å². The Morgan fingerprint density at radius 3 is 2.53 bits per heavy atom. The Balaban J connectivity index is 2.24. The number of hydrogen-bond donors (Lipinski definition) is 1. The molecule has 164 valence electrons. The maximum absolute atomic E-state index is 13.2. The van der Waals surface area contributed by atoms with Crippen LogP contribution in [-0.2, 0) is 12.7 Å². The number of nitrogens with zero attached hydrogens (tertiary/aromatic N) is 2. The van der Waals surface area contributed by atoms with E-state index < -0.39 is 23.1 Å². The maximum Gasteiger partial charge on any atom is 0.416 e. The summed E-state index contributed by atoms with van der Waals surface area (Å²) >= 11 is 3.41. The van der Waals surface area contributed by atoms with Gasteiger partial charge in [-0.05, 0) is 42.3 Å². The number of benzene rings is 2. The smallest absolute Gasteiger partial charge is 0.355 e. The van der Waals surface area contributed by atoms with E-state index in [2.05, 4.69) is 21.2 Å². The summed E-state index contributed by atoms with van der Waals surface area (Å²) in [4.78, 5) is 25.5. The number of carbonyl (C=O) groups excluding carboxylic acids is 1. The average Bonchev–Trinajstić information content (AvgIpc) is 2.76. The number of pyridine rings is 1. The topological polar surface area (TPSA) is 74.9 Å². The molecule has 3 aromatic rings. The van der Waals surface area contributed by atoms with Crippen LogP contribution < -0.4 is 10.7 Å². The molecule has 1 amide bonds. The SMILES string of the molecule is CNC(=O)c1cn(Cc2ccc(C#N)cc2Br)c(C)c(-c2cccc(C(F)(F)F)c2)c1=O. The van der Waals surface area contributed by atoms with Gasteiger partial charge in [-0.25, -0.2) is 0 Å². The van der Waals surface area contributed by atoms with Crippen LogP contribution in [0.1, 0.15) is 32.7 Å². The Kier molecular flexibility index (Phi) is 6.55. The van der Waals surface area contributed by atoms with Gasteiger partial charge in [0.05, 0.1) is 17.2 Å². The zero-order chi connectivity index (χ0) is 23.6. The van der Waals surface area contributed by atoms with E-state index in [1.165, 1.54) is 25.4 Å². The molecule has 1 aromatic heterocycles. The number of nitriles is 1. The van der Waals surface area contributed by atoms with Gasteiger partial charge < -0.3 is 9.88 Å². The Hall–Kier alpha value is -3.38. The summed E-state index contributed by atoms with van der Waals surface area (Å²) in [5.41, 5.74) is -0.0328. The molecule has 0 unspecified atom stereocenters. The largest absolute Gasteiger partial charge is 0.416 e. The molecular weight excluding hydrogens is 487 g/mol. The lowest BCUT2D eigenvalue weighted by Crippen LogP contribution is -2.29. The van der Waals surface area contributed by atoms with E-state index in [0.717, 1.165) is 17.7 Å². The van der Waals surface area contributed by atoms with E-state index in [0.29, 0.717) is 15.7 Å². The van der Waals surface area contributed by atoms with Crippen molar-refractivity contribution < 1.29 is 18.0 Å². The zero-order valence-corrected chi connectivity index (χ0v) is 18.6. The molecule has 0 fully saturated rings. The highest BCUT2D eigenvalue weighted by molar-refractivity contribution is 9.10. The first kappa shape index (κ1) is 23.3. The molecule has 0 atom stereocenters. The summed E-state index contributed by atoms with van der Waals surface area (Å²) in [6.45, 7) is 1.83. The van der Waals surface area contributed by atoms with E-state index in [-0.39, 0.29) is 23.2 Å². The number of rotatable bonds is 4. The van der Waals surface area contributed by atoms with Crippen LogP contribution in [0.15, 0.2) is 57.9 Å². The van der Waals surface area contributed by atoms with Crippen molar-refractivity contribution in [3.8, 4) is 17.2 Å². The van der Waals surface area contributed by atoms with Crippen molar-refractivity contribution in [1.82, 2.24) is 9.88 Å². The molecule has 0 aliphatic carbocycles. The summed E-state index contributed by atoms with van der Waals surface area (Å²) in [5, 5.41) is 11.4. The predicted molar refractivity (Wildman–Crippen MR) is 117 cm³/mol. The molecular formula is C23H17BrF3N3O2. The van der Waals surface area contributed by atoms with Gasteiger partial charge in [0.15, 0.2) is 0 Å². The highest BCUT2D eigenvalue weighted by atomic mass is 79.9. The van der Waals surface area contributed by atoms with Crippen molar-refractivity contribution in [3.63, 3.8) is 0 Å². The predicted octanol–water partition coefficient (Wildman–Crippen LogP) is 4.88. The van der Waals surface area contributed by atoms with Gasteiger partial charge in [0.1, 0.15) is 5.56 Å². The first-order valence-corrected chi connectivity index (χ1v) is 10.2. The highest BCUT2D eigenvalue weighted by Gasteiger charge is 2.31. The van der Waals surface area contributed by atoms with Crippen LogP contribution in [0.2, 0.25) is 0 Å². The lowest BCUT2D eigenvalue weighted by atomic mass is 9.98. The summed E-state index contributed by atoms with van der Waals surface area (Å²) in [6, 6.07) is 11.5. The second-order valence-electron chi connectivity index (χ2n) is 7.04. The number of nitrogens with one attached hydrogen (secondary N) is 1. The number of hydrogen-bond acceptors (Lipinski definition) is 3. The Morgan fingerprint density at radius 2 is 1.94 bits per heavy atom. The van der Waals surface area contributed by atoms with Gasteiger partial charge >= 0.3 is 6.18 Å². The van der Waals surface area contributed by atoms with E-state index in [4.69, 9.17) is 5.26 Å². The minimum Gasteiger partial charge on any atom is -0.355 e. The minimum atomic E-state index is -4.57. The molecule has 3 rings (SSSR count). The third-order valence-electron chi connectivity index (χ3n) is 5.02. The number of carbonyl (C=O) groups is 1. The minimum absolute atomic E-state index is 0.0157. The van der Waals surface area contributed by atoms with E-state index in [1.807, 2.05) is 6.07 Å². The van der Waals surface area contributed by atoms with Crippen molar-refractivity contribution in [2.45, 2.75) is 19.6 Å². The van der Waals surface area contributed by atoms with Gasteiger partial charge in [0.25, 0.3) is 5.91 Å². The molecule has 0 spiro atoms. The maximum atomic E-state index is 13.2. The first-order chi connectivity index (χ1) is 15.1. The van der Waals surface area contributed by atoms with Crippen molar-refractivity contribution in [1.29, 1.82) is 5.26 Å². The number of amides is 1. The van der Waals surface area contributed by atoms with Crippen molar-refractivity contribution in [2.24, 2.45) is 0 Å². The number of halogens is 4. The fraction of sp³-hybridized carbons (Fsp3) is 0.174. The third-order valence-corrected chi connectivity index (χ3v) is 5.76. The second-order valence-corrected chi connectivity index (χ2v) is 7.89. The molecule has 2 aromatic carbocycles. The van der Waals surface area contributed by atoms with Crippen LogP contribution in [0, 0.1) is 18.3 Å². The zero-order valence-electron chi connectivity index (χ0n) is 17.0. The fourth-order valence-electron chi connectivity index (χ4n) is 3.33.